The van der Waals surface area contributed by atoms with E-state index in [-0.39, 0.29) is 0 Å². The Labute approximate surface area is 93.8 Å². The Bertz CT molecular complexity index is 525. The molecule has 2 aromatic heterocycles. The lowest BCUT2D eigenvalue weighted by Gasteiger charge is -2.05. The fourth-order valence-electron chi connectivity index (χ4n) is 1.55. The molecule has 0 aliphatic heterocycles. The van der Waals surface area contributed by atoms with Gasteiger partial charge in [-0.3, -0.25) is 4.98 Å². The third-order valence-corrected chi connectivity index (χ3v) is 2.73. The van der Waals surface area contributed by atoms with Gasteiger partial charge in [-0.05, 0) is 43.3 Å². The molecule has 0 bridgehead atoms. The number of pyridine rings is 1. The fraction of sp³-hybridized carbons (Fsp3) is 0.273. The van der Waals surface area contributed by atoms with E-state index in [0.29, 0.717) is 0 Å². The largest absolute Gasteiger partial charge is 0.335 e. The van der Waals surface area contributed by atoms with Gasteiger partial charge in [-0.15, -0.1) is 0 Å². The summed E-state index contributed by atoms with van der Waals surface area (Å²) < 4.78 is 2.80. The molecule has 0 saturated heterocycles. The Hall–Kier alpha value is -1.42. The standard InChI is InChI=1S/C11H13N3S/c1-8-5-12-4-3-10(8)7-14-6-9(2)13-11(14)15/h3-6H,7H2,1-2H3,(H,13,15). The minimum Gasteiger partial charge on any atom is -0.335 e. The van der Waals surface area contributed by atoms with Crippen molar-refractivity contribution in [1.29, 1.82) is 0 Å². The first-order chi connectivity index (χ1) is 7.16. The zero-order valence-electron chi connectivity index (χ0n) is 8.82. The number of imidazole rings is 1. The van der Waals surface area contributed by atoms with Gasteiger partial charge in [-0.1, -0.05) is 0 Å². The van der Waals surface area contributed by atoms with Gasteiger partial charge in [0.2, 0.25) is 0 Å². The molecule has 0 atom stereocenters. The Morgan fingerprint density at radius 1 is 1.47 bits per heavy atom. The number of hydrogen-bond acceptors (Lipinski definition) is 2. The molecule has 0 saturated carbocycles. The molecule has 2 aromatic rings. The summed E-state index contributed by atoms with van der Waals surface area (Å²) in [5, 5.41) is 0. The highest BCUT2D eigenvalue weighted by Gasteiger charge is 2.00. The van der Waals surface area contributed by atoms with E-state index in [1.54, 1.807) is 0 Å². The van der Waals surface area contributed by atoms with Crippen LogP contribution in [0, 0.1) is 18.6 Å². The number of rotatable bonds is 2. The molecule has 15 heavy (non-hydrogen) atoms. The van der Waals surface area contributed by atoms with Crippen LogP contribution in [-0.2, 0) is 6.54 Å². The van der Waals surface area contributed by atoms with Gasteiger partial charge < -0.3 is 9.55 Å². The number of aromatic nitrogens is 3. The Morgan fingerprint density at radius 3 is 2.87 bits per heavy atom. The second-order valence-electron chi connectivity index (χ2n) is 3.67. The monoisotopic (exact) mass is 219 g/mol. The van der Waals surface area contributed by atoms with Gasteiger partial charge in [0.25, 0.3) is 0 Å². The average molecular weight is 219 g/mol. The highest BCUT2D eigenvalue weighted by Crippen LogP contribution is 2.08. The summed E-state index contributed by atoms with van der Waals surface area (Å²) in [4.78, 5) is 7.18. The van der Waals surface area contributed by atoms with Crippen LogP contribution in [0.1, 0.15) is 16.8 Å². The van der Waals surface area contributed by atoms with E-state index >= 15 is 0 Å². The van der Waals surface area contributed by atoms with Gasteiger partial charge in [0.1, 0.15) is 0 Å². The highest BCUT2D eigenvalue weighted by molar-refractivity contribution is 7.71. The van der Waals surface area contributed by atoms with Crippen LogP contribution in [0.4, 0.5) is 0 Å². The predicted molar refractivity (Wildman–Crippen MR) is 62.4 cm³/mol. The lowest BCUT2D eigenvalue weighted by Crippen LogP contribution is -2.00. The van der Waals surface area contributed by atoms with E-state index in [1.807, 2.05) is 36.1 Å². The van der Waals surface area contributed by atoms with E-state index in [4.69, 9.17) is 12.2 Å². The van der Waals surface area contributed by atoms with E-state index < -0.39 is 0 Å². The third-order valence-electron chi connectivity index (χ3n) is 2.39. The minimum absolute atomic E-state index is 0.767. The summed E-state index contributed by atoms with van der Waals surface area (Å²) in [6.07, 6.45) is 5.71. The molecule has 0 amide bonds. The zero-order valence-corrected chi connectivity index (χ0v) is 9.64. The summed E-state index contributed by atoms with van der Waals surface area (Å²) in [6.45, 7) is 4.87. The van der Waals surface area contributed by atoms with E-state index in [1.165, 1.54) is 11.1 Å². The van der Waals surface area contributed by atoms with Gasteiger partial charge in [0.15, 0.2) is 4.77 Å². The quantitative estimate of drug-likeness (QED) is 0.788. The molecule has 2 rings (SSSR count). The molecule has 1 N–H and O–H groups in total. The van der Waals surface area contributed by atoms with Crippen LogP contribution in [0.3, 0.4) is 0 Å². The van der Waals surface area contributed by atoms with Crippen LogP contribution >= 0.6 is 12.2 Å². The van der Waals surface area contributed by atoms with Crippen molar-refractivity contribution in [2.45, 2.75) is 20.4 Å². The summed E-state index contributed by atoms with van der Waals surface area (Å²) in [6, 6.07) is 2.03. The zero-order chi connectivity index (χ0) is 10.8. The van der Waals surface area contributed by atoms with Crippen LogP contribution in [0.2, 0.25) is 0 Å². The number of aromatic amines is 1. The number of aryl methyl sites for hydroxylation is 2. The second-order valence-corrected chi connectivity index (χ2v) is 4.06. The minimum atomic E-state index is 0.767. The summed E-state index contributed by atoms with van der Waals surface area (Å²) in [5.41, 5.74) is 3.53. The normalized spacial score (nSPS) is 10.5. The van der Waals surface area contributed by atoms with Gasteiger partial charge >= 0.3 is 0 Å². The van der Waals surface area contributed by atoms with Gasteiger partial charge in [-0.2, -0.15) is 0 Å². The molecular formula is C11H13N3S. The molecule has 78 valence electrons. The third kappa shape index (κ3) is 2.15. The number of nitrogens with zero attached hydrogens (tertiary/aromatic N) is 2. The first-order valence-electron chi connectivity index (χ1n) is 4.82. The topological polar surface area (TPSA) is 33.6 Å². The summed E-state index contributed by atoms with van der Waals surface area (Å²) >= 11 is 5.21. The lowest BCUT2D eigenvalue weighted by molar-refractivity contribution is 0.777. The SMILES string of the molecule is Cc1cn(Cc2ccncc2C)c(=S)[nH]1. The maximum atomic E-state index is 5.21. The van der Waals surface area contributed by atoms with Crippen molar-refractivity contribution in [2.75, 3.05) is 0 Å². The molecule has 3 nitrogen and oxygen atoms in total. The Balaban J connectivity index is 2.34. The van der Waals surface area contributed by atoms with Crippen LogP contribution in [0.25, 0.3) is 0 Å². The molecular weight excluding hydrogens is 206 g/mol. The molecule has 0 aliphatic carbocycles. The van der Waals surface area contributed by atoms with Gasteiger partial charge in [0.05, 0.1) is 6.54 Å². The molecule has 0 fully saturated rings. The van der Waals surface area contributed by atoms with Crippen molar-refractivity contribution in [3.05, 3.63) is 46.2 Å². The van der Waals surface area contributed by atoms with Crippen LogP contribution in [0.5, 0.6) is 0 Å². The van der Waals surface area contributed by atoms with Crippen molar-refractivity contribution in [3.8, 4) is 0 Å². The molecule has 0 aliphatic rings. The maximum Gasteiger partial charge on any atom is 0.177 e. The van der Waals surface area contributed by atoms with Crippen molar-refractivity contribution in [1.82, 2.24) is 14.5 Å². The highest BCUT2D eigenvalue weighted by atomic mass is 32.1. The maximum absolute atomic E-state index is 5.21. The molecule has 0 radical (unpaired) electrons. The molecule has 2 heterocycles. The molecule has 0 unspecified atom stereocenters. The first kappa shape index (κ1) is 10.1. The second kappa shape index (κ2) is 3.98. The van der Waals surface area contributed by atoms with E-state index in [9.17, 15) is 0 Å². The van der Waals surface area contributed by atoms with Gasteiger partial charge in [0, 0.05) is 24.3 Å². The van der Waals surface area contributed by atoms with E-state index in [2.05, 4.69) is 16.9 Å². The Morgan fingerprint density at radius 2 is 2.27 bits per heavy atom. The average Bonchev–Trinajstić information content (AvgIpc) is 2.49. The smallest absolute Gasteiger partial charge is 0.177 e. The summed E-state index contributed by atoms with van der Waals surface area (Å²) in [5.74, 6) is 0. The molecule has 0 spiro atoms. The Kier molecular flexibility index (Phi) is 2.68. The van der Waals surface area contributed by atoms with Crippen LogP contribution in [0.15, 0.2) is 24.7 Å². The predicted octanol–water partition coefficient (Wildman–Crippen LogP) is 2.61. The van der Waals surface area contributed by atoms with Crippen LogP contribution in [-0.4, -0.2) is 14.5 Å². The van der Waals surface area contributed by atoms with Crippen molar-refractivity contribution in [2.24, 2.45) is 0 Å². The van der Waals surface area contributed by atoms with Gasteiger partial charge in [-0.25, -0.2) is 0 Å². The number of nitrogens with one attached hydrogen (secondary N) is 1. The lowest BCUT2D eigenvalue weighted by atomic mass is 10.1. The van der Waals surface area contributed by atoms with Crippen molar-refractivity contribution < 1.29 is 0 Å². The molecule has 4 heteroatoms. The van der Waals surface area contributed by atoms with E-state index in [0.717, 1.165) is 17.0 Å². The van der Waals surface area contributed by atoms with Crippen molar-refractivity contribution in [3.63, 3.8) is 0 Å². The first-order valence-corrected chi connectivity index (χ1v) is 5.23. The fourth-order valence-corrected chi connectivity index (χ4v) is 1.82. The number of H-pyrrole nitrogens is 1. The number of hydrogen-bond donors (Lipinski definition) is 1. The molecule has 0 aromatic carbocycles. The van der Waals surface area contributed by atoms with Crippen LogP contribution < -0.4 is 0 Å². The summed E-state index contributed by atoms with van der Waals surface area (Å²) in [7, 11) is 0. The van der Waals surface area contributed by atoms with Crippen molar-refractivity contribution >= 4 is 12.2 Å².